The van der Waals surface area contributed by atoms with Gasteiger partial charge in [0.2, 0.25) is 0 Å². The van der Waals surface area contributed by atoms with Gasteiger partial charge in [-0.3, -0.25) is 0 Å². The van der Waals surface area contributed by atoms with Gasteiger partial charge in [0.15, 0.2) is 5.13 Å². The Labute approximate surface area is 108 Å². The van der Waals surface area contributed by atoms with E-state index in [2.05, 4.69) is 30.8 Å². The molecular weight excluding hydrogens is 234 g/mol. The fraction of sp³-hybridized carbons (Fsp3) is 0.750. The highest BCUT2D eigenvalue weighted by atomic mass is 32.1. The van der Waals surface area contributed by atoms with E-state index in [9.17, 15) is 0 Å². The van der Waals surface area contributed by atoms with Gasteiger partial charge in [-0.2, -0.15) is 0 Å². The van der Waals surface area contributed by atoms with Gasteiger partial charge in [0.1, 0.15) is 0 Å². The molecular formula is C12H23N3OS. The minimum Gasteiger partial charge on any atom is -0.378 e. The van der Waals surface area contributed by atoms with Crippen molar-refractivity contribution in [3.8, 4) is 0 Å². The van der Waals surface area contributed by atoms with Crippen LogP contribution in [0.4, 0.5) is 5.13 Å². The predicted octanol–water partition coefficient (Wildman–Crippen LogP) is 2.37. The molecule has 0 bridgehead atoms. The van der Waals surface area contributed by atoms with Crippen LogP contribution in [0.25, 0.3) is 0 Å². The van der Waals surface area contributed by atoms with E-state index in [-0.39, 0.29) is 0 Å². The first-order valence-electron chi connectivity index (χ1n) is 6.08. The molecule has 0 radical (unpaired) electrons. The number of thiazole rings is 1. The van der Waals surface area contributed by atoms with Crippen LogP contribution in [-0.4, -0.2) is 25.2 Å². The first kappa shape index (κ1) is 14.4. The summed E-state index contributed by atoms with van der Waals surface area (Å²) in [7, 11) is 3.79. The van der Waals surface area contributed by atoms with Gasteiger partial charge in [0, 0.05) is 31.6 Å². The van der Waals surface area contributed by atoms with Gasteiger partial charge in [-0.15, -0.1) is 11.3 Å². The average Bonchev–Trinajstić information content (AvgIpc) is 2.74. The molecule has 5 heteroatoms. The lowest BCUT2D eigenvalue weighted by molar-refractivity contribution is 0.181. The number of nitrogens with zero attached hydrogens (tertiary/aromatic N) is 2. The van der Waals surface area contributed by atoms with Gasteiger partial charge in [0.25, 0.3) is 0 Å². The first-order valence-corrected chi connectivity index (χ1v) is 6.89. The molecule has 0 spiro atoms. The molecule has 0 saturated heterocycles. The Bertz CT molecular complexity index is 336. The van der Waals surface area contributed by atoms with Crippen molar-refractivity contribution in [1.29, 1.82) is 0 Å². The molecule has 1 aromatic heterocycles. The molecule has 0 saturated carbocycles. The van der Waals surface area contributed by atoms with Crippen molar-refractivity contribution in [2.45, 2.75) is 45.9 Å². The largest absolute Gasteiger partial charge is 0.378 e. The quantitative estimate of drug-likeness (QED) is 0.815. The van der Waals surface area contributed by atoms with E-state index in [1.54, 1.807) is 18.4 Å². The van der Waals surface area contributed by atoms with Crippen LogP contribution in [0.3, 0.4) is 0 Å². The minimum atomic E-state index is 0.535. The maximum atomic E-state index is 5.73. The van der Waals surface area contributed by atoms with Gasteiger partial charge >= 0.3 is 0 Å². The Balaban J connectivity index is 2.90. The Morgan fingerprint density at radius 3 is 2.53 bits per heavy atom. The molecule has 0 aliphatic rings. The van der Waals surface area contributed by atoms with Crippen molar-refractivity contribution < 1.29 is 4.74 Å². The first-order chi connectivity index (χ1) is 8.17. The fourth-order valence-electron chi connectivity index (χ4n) is 1.92. The van der Waals surface area contributed by atoms with Gasteiger partial charge < -0.3 is 15.4 Å². The van der Waals surface area contributed by atoms with Gasteiger partial charge in [-0.05, 0) is 12.8 Å². The molecule has 98 valence electrons. The van der Waals surface area contributed by atoms with E-state index in [1.165, 1.54) is 0 Å². The molecule has 1 heterocycles. The van der Waals surface area contributed by atoms with Crippen LogP contribution in [0.15, 0.2) is 0 Å². The van der Waals surface area contributed by atoms with Crippen LogP contribution in [0.2, 0.25) is 0 Å². The molecule has 0 atom stereocenters. The van der Waals surface area contributed by atoms with E-state index >= 15 is 0 Å². The Hall–Kier alpha value is -0.650. The molecule has 0 aromatic carbocycles. The second kappa shape index (κ2) is 6.93. The molecule has 0 unspecified atom stereocenters. The smallest absolute Gasteiger partial charge is 0.185 e. The van der Waals surface area contributed by atoms with Crippen molar-refractivity contribution in [2.24, 2.45) is 5.73 Å². The van der Waals surface area contributed by atoms with E-state index in [0.29, 0.717) is 19.2 Å². The van der Waals surface area contributed by atoms with Crippen LogP contribution in [0.5, 0.6) is 0 Å². The summed E-state index contributed by atoms with van der Waals surface area (Å²) in [6, 6.07) is 0.544. The van der Waals surface area contributed by atoms with Crippen LogP contribution in [0, 0.1) is 0 Å². The van der Waals surface area contributed by atoms with E-state index in [0.717, 1.165) is 28.5 Å². The molecule has 2 N–H and O–H groups in total. The topological polar surface area (TPSA) is 51.4 Å². The molecule has 0 aliphatic heterocycles. The van der Waals surface area contributed by atoms with E-state index in [4.69, 9.17) is 10.5 Å². The van der Waals surface area contributed by atoms with Crippen molar-refractivity contribution in [1.82, 2.24) is 4.98 Å². The lowest BCUT2D eigenvalue weighted by Gasteiger charge is -2.25. The van der Waals surface area contributed by atoms with Crippen LogP contribution in [0.1, 0.15) is 37.3 Å². The Morgan fingerprint density at radius 1 is 1.41 bits per heavy atom. The molecule has 0 fully saturated rings. The lowest BCUT2D eigenvalue weighted by atomic mass is 10.1. The maximum absolute atomic E-state index is 5.73. The minimum absolute atomic E-state index is 0.535. The zero-order chi connectivity index (χ0) is 12.8. The predicted molar refractivity (Wildman–Crippen MR) is 73.5 cm³/mol. The number of nitrogens with two attached hydrogens (primary N) is 1. The monoisotopic (exact) mass is 257 g/mol. The summed E-state index contributed by atoms with van der Waals surface area (Å²) in [5.74, 6) is 0. The Morgan fingerprint density at radius 2 is 2.06 bits per heavy atom. The highest BCUT2D eigenvalue weighted by Crippen LogP contribution is 2.28. The summed E-state index contributed by atoms with van der Waals surface area (Å²) in [6.07, 6.45) is 2.26. The SMILES string of the molecule is CCC(CC)N(C)c1nc(COC)c(CN)s1. The molecule has 0 amide bonds. The second-order valence-corrected chi connectivity index (χ2v) is 5.15. The number of hydrogen-bond acceptors (Lipinski definition) is 5. The van der Waals surface area contributed by atoms with Gasteiger partial charge in [-0.1, -0.05) is 13.8 Å². The van der Waals surface area contributed by atoms with Gasteiger partial charge in [0.05, 0.1) is 12.3 Å². The number of anilines is 1. The van der Waals surface area contributed by atoms with Gasteiger partial charge in [-0.25, -0.2) is 4.98 Å². The third-order valence-corrected chi connectivity index (χ3v) is 4.24. The summed E-state index contributed by atoms with van der Waals surface area (Å²) in [5, 5.41) is 1.05. The highest BCUT2D eigenvalue weighted by molar-refractivity contribution is 7.15. The average molecular weight is 257 g/mol. The maximum Gasteiger partial charge on any atom is 0.185 e. The molecule has 1 rings (SSSR count). The van der Waals surface area contributed by atoms with Crippen molar-refractivity contribution in [3.63, 3.8) is 0 Å². The van der Waals surface area contributed by atoms with Crippen molar-refractivity contribution in [3.05, 3.63) is 10.6 Å². The molecule has 4 nitrogen and oxygen atoms in total. The fourth-order valence-corrected chi connectivity index (χ4v) is 2.90. The standard InChI is InChI=1S/C12H23N3OS/c1-5-9(6-2)15(3)12-14-10(8-16-4)11(7-13)17-12/h9H,5-8,13H2,1-4H3. The summed E-state index contributed by atoms with van der Waals surface area (Å²) >= 11 is 1.68. The number of aromatic nitrogens is 1. The third kappa shape index (κ3) is 3.40. The third-order valence-electron chi connectivity index (χ3n) is 3.03. The number of methoxy groups -OCH3 is 1. The number of rotatable bonds is 7. The molecule has 1 aromatic rings. The summed E-state index contributed by atoms with van der Waals surface area (Å²) in [6.45, 7) is 5.49. The zero-order valence-corrected chi connectivity index (χ0v) is 12.0. The summed E-state index contributed by atoms with van der Waals surface area (Å²) in [5.41, 5.74) is 6.71. The van der Waals surface area contributed by atoms with Crippen molar-refractivity contribution in [2.75, 3.05) is 19.1 Å². The van der Waals surface area contributed by atoms with Crippen LogP contribution >= 0.6 is 11.3 Å². The summed E-state index contributed by atoms with van der Waals surface area (Å²) < 4.78 is 5.15. The molecule has 0 aliphatic carbocycles. The molecule has 17 heavy (non-hydrogen) atoms. The lowest BCUT2D eigenvalue weighted by Crippen LogP contribution is -2.30. The summed E-state index contributed by atoms with van der Waals surface area (Å²) in [4.78, 5) is 8.00. The van der Waals surface area contributed by atoms with Crippen molar-refractivity contribution >= 4 is 16.5 Å². The van der Waals surface area contributed by atoms with Crippen LogP contribution in [-0.2, 0) is 17.9 Å². The number of ether oxygens (including phenoxy) is 1. The second-order valence-electron chi connectivity index (χ2n) is 4.08. The normalized spacial score (nSPS) is 11.2. The van der Waals surface area contributed by atoms with Crippen LogP contribution < -0.4 is 10.6 Å². The highest BCUT2D eigenvalue weighted by Gasteiger charge is 2.17. The number of hydrogen-bond donors (Lipinski definition) is 1. The van der Waals surface area contributed by atoms with E-state index < -0.39 is 0 Å². The zero-order valence-electron chi connectivity index (χ0n) is 11.2. The van der Waals surface area contributed by atoms with E-state index in [1.807, 2.05) is 0 Å². The Kier molecular flexibility index (Phi) is 5.88.